The molecule has 1 aromatic carbocycles. The van der Waals surface area contributed by atoms with E-state index in [1.807, 2.05) is 31.2 Å². The van der Waals surface area contributed by atoms with E-state index < -0.39 is 6.04 Å². The van der Waals surface area contributed by atoms with E-state index in [1.165, 1.54) is 11.3 Å². The van der Waals surface area contributed by atoms with Crippen LogP contribution < -0.4 is 5.32 Å². The van der Waals surface area contributed by atoms with Crippen LogP contribution in [0.2, 0.25) is 0 Å². The molecule has 1 aliphatic rings. The summed E-state index contributed by atoms with van der Waals surface area (Å²) >= 11 is 4.67. The second kappa shape index (κ2) is 6.85. The summed E-state index contributed by atoms with van der Waals surface area (Å²) in [5.41, 5.74) is 1.60. The first-order valence-corrected chi connectivity index (χ1v) is 9.87. The normalized spacial score (nSPS) is 17.0. The fourth-order valence-corrected chi connectivity index (χ4v) is 4.56. The third-order valence-corrected chi connectivity index (χ3v) is 5.76. The number of rotatable bonds is 3. The number of hydrogen-bond acceptors (Lipinski definition) is 5. The molecule has 1 unspecified atom stereocenters. The lowest BCUT2D eigenvalue weighted by atomic mass is 10.2. The number of amides is 2. The monoisotopic (exact) mass is 433 g/mol. The van der Waals surface area contributed by atoms with Gasteiger partial charge in [-0.3, -0.25) is 9.59 Å². The number of nitrogens with zero attached hydrogens (tertiary/aromatic N) is 2. The number of thiazole rings is 1. The van der Waals surface area contributed by atoms with Gasteiger partial charge in [-0.15, -0.1) is 0 Å². The lowest BCUT2D eigenvalue weighted by molar-refractivity contribution is -0.119. The van der Waals surface area contributed by atoms with E-state index in [4.69, 9.17) is 4.42 Å². The van der Waals surface area contributed by atoms with Crippen LogP contribution in [0.1, 0.15) is 29.0 Å². The van der Waals surface area contributed by atoms with Crippen molar-refractivity contribution < 1.29 is 14.0 Å². The van der Waals surface area contributed by atoms with Gasteiger partial charge in [0.1, 0.15) is 6.04 Å². The molecule has 0 bridgehead atoms. The second-order valence-electron chi connectivity index (χ2n) is 6.20. The number of carbonyl (C=O) groups is 2. The SMILES string of the molecule is Cc1cc(Br)oc1C(=O)N1CCCC1C(=O)Nc1nc2ccccc2s1. The Kier molecular flexibility index (Phi) is 4.54. The van der Waals surface area contributed by atoms with Gasteiger partial charge in [-0.25, -0.2) is 4.98 Å². The van der Waals surface area contributed by atoms with E-state index in [-0.39, 0.29) is 17.6 Å². The molecule has 3 aromatic rings. The Hall–Kier alpha value is -2.19. The molecule has 134 valence electrons. The average molecular weight is 434 g/mol. The molecule has 0 aliphatic carbocycles. The number of benzene rings is 1. The zero-order chi connectivity index (χ0) is 18.3. The van der Waals surface area contributed by atoms with Crippen molar-refractivity contribution in [1.29, 1.82) is 0 Å². The van der Waals surface area contributed by atoms with Crippen LogP contribution in [0.4, 0.5) is 5.13 Å². The number of furan rings is 1. The van der Waals surface area contributed by atoms with Crippen molar-refractivity contribution in [2.75, 3.05) is 11.9 Å². The number of likely N-dealkylation sites (tertiary alicyclic amines) is 1. The van der Waals surface area contributed by atoms with E-state index in [0.29, 0.717) is 22.8 Å². The molecule has 3 heterocycles. The molecule has 0 spiro atoms. The number of aryl methyl sites for hydroxylation is 1. The maximum atomic E-state index is 12.8. The molecule has 1 N–H and O–H groups in total. The molecule has 1 atom stereocenters. The molecule has 1 fully saturated rings. The van der Waals surface area contributed by atoms with Gasteiger partial charge in [-0.05, 0) is 53.9 Å². The molecule has 8 heteroatoms. The van der Waals surface area contributed by atoms with E-state index in [1.54, 1.807) is 11.0 Å². The van der Waals surface area contributed by atoms with Crippen molar-refractivity contribution in [1.82, 2.24) is 9.88 Å². The van der Waals surface area contributed by atoms with Crippen LogP contribution in [0.5, 0.6) is 0 Å². The minimum Gasteiger partial charge on any atom is -0.444 e. The summed E-state index contributed by atoms with van der Waals surface area (Å²) in [6, 6.07) is 8.95. The Morgan fingerprint density at radius 2 is 2.19 bits per heavy atom. The number of carbonyl (C=O) groups excluding carboxylic acids is 2. The van der Waals surface area contributed by atoms with Gasteiger partial charge in [0, 0.05) is 12.1 Å². The number of anilines is 1. The highest BCUT2D eigenvalue weighted by Gasteiger charge is 2.36. The summed E-state index contributed by atoms with van der Waals surface area (Å²) in [7, 11) is 0. The topological polar surface area (TPSA) is 75.4 Å². The van der Waals surface area contributed by atoms with Gasteiger partial charge in [0.2, 0.25) is 5.91 Å². The highest BCUT2D eigenvalue weighted by atomic mass is 79.9. The van der Waals surface area contributed by atoms with E-state index in [2.05, 4.69) is 26.2 Å². The fourth-order valence-electron chi connectivity index (χ4n) is 3.18. The average Bonchev–Trinajstić information content (AvgIpc) is 3.31. The van der Waals surface area contributed by atoms with Gasteiger partial charge in [-0.1, -0.05) is 23.5 Å². The molecule has 1 saturated heterocycles. The molecule has 26 heavy (non-hydrogen) atoms. The third kappa shape index (κ3) is 3.14. The predicted octanol–water partition coefficient (Wildman–Crippen LogP) is 4.20. The van der Waals surface area contributed by atoms with Gasteiger partial charge in [-0.2, -0.15) is 0 Å². The molecule has 2 amide bonds. The van der Waals surface area contributed by atoms with Gasteiger partial charge in [0.25, 0.3) is 5.91 Å². The lowest BCUT2D eigenvalue weighted by Gasteiger charge is -2.22. The molecule has 6 nitrogen and oxygen atoms in total. The standard InChI is InChI=1S/C18H16BrN3O3S/c1-10-9-14(19)25-15(10)17(24)22-8-4-6-12(22)16(23)21-18-20-11-5-2-3-7-13(11)26-18/h2-3,5,7,9,12H,4,6,8H2,1H3,(H,20,21,23). The Balaban J connectivity index is 1.53. The summed E-state index contributed by atoms with van der Waals surface area (Å²) < 4.78 is 6.98. The third-order valence-electron chi connectivity index (χ3n) is 4.42. The second-order valence-corrected chi connectivity index (χ2v) is 8.01. The predicted molar refractivity (Wildman–Crippen MR) is 103 cm³/mol. The number of halogens is 1. The Morgan fingerprint density at radius 1 is 1.38 bits per heavy atom. The Labute approximate surface area is 162 Å². The minimum atomic E-state index is -0.516. The van der Waals surface area contributed by atoms with Crippen LogP contribution in [0.15, 0.2) is 39.4 Å². The van der Waals surface area contributed by atoms with Crippen molar-refractivity contribution in [2.45, 2.75) is 25.8 Å². The molecule has 0 radical (unpaired) electrons. The van der Waals surface area contributed by atoms with E-state index in [9.17, 15) is 9.59 Å². The highest BCUT2D eigenvalue weighted by Crippen LogP contribution is 2.28. The van der Waals surface area contributed by atoms with Crippen LogP contribution in [0, 0.1) is 6.92 Å². The summed E-state index contributed by atoms with van der Waals surface area (Å²) in [5, 5.41) is 3.41. The quantitative estimate of drug-likeness (QED) is 0.671. The molecule has 0 saturated carbocycles. The summed E-state index contributed by atoms with van der Waals surface area (Å²) in [5.74, 6) is -0.190. The van der Waals surface area contributed by atoms with E-state index >= 15 is 0 Å². The van der Waals surface area contributed by atoms with Crippen LogP contribution >= 0.6 is 27.3 Å². The molecule has 1 aliphatic heterocycles. The van der Waals surface area contributed by atoms with Crippen LogP contribution in [-0.2, 0) is 4.79 Å². The fraction of sp³-hybridized carbons (Fsp3) is 0.278. The number of nitrogens with one attached hydrogen (secondary N) is 1. The smallest absolute Gasteiger partial charge is 0.290 e. The van der Waals surface area contributed by atoms with E-state index in [0.717, 1.165) is 22.2 Å². The number of para-hydroxylation sites is 1. The van der Waals surface area contributed by atoms with Gasteiger partial charge < -0.3 is 14.6 Å². The van der Waals surface area contributed by atoms with Crippen LogP contribution in [-0.4, -0.2) is 34.3 Å². The van der Waals surface area contributed by atoms with Gasteiger partial charge in [0.05, 0.1) is 10.2 Å². The van der Waals surface area contributed by atoms with Crippen molar-refractivity contribution >= 4 is 54.4 Å². The number of hydrogen-bond donors (Lipinski definition) is 1. The molecular formula is C18H16BrN3O3S. The first kappa shape index (κ1) is 17.2. The van der Waals surface area contributed by atoms with Crippen molar-refractivity contribution in [3.05, 3.63) is 46.3 Å². The molecule has 4 rings (SSSR count). The van der Waals surface area contributed by atoms with Gasteiger partial charge in [0.15, 0.2) is 15.6 Å². The van der Waals surface area contributed by atoms with Crippen molar-refractivity contribution in [2.24, 2.45) is 0 Å². The minimum absolute atomic E-state index is 0.210. The first-order chi connectivity index (χ1) is 12.5. The van der Waals surface area contributed by atoms with Crippen molar-refractivity contribution in [3.8, 4) is 0 Å². The molecular weight excluding hydrogens is 418 g/mol. The summed E-state index contributed by atoms with van der Waals surface area (Å²) in [6.45, 7) is 2.35. The number of aromatic nitrogens is 1. The Bertz CT molecular complexity index is 964. The van der Waals surface area contributed by atoms with Crippen molar-refractivity contribution in [3.63, 3.8) is 0 Å². The largest absolute Gasteiger partial charge is 0.444 e. The van der Waals surface area contributed by atoms with Crippen LogP contribution in [0.25, 0.3) is 10.2 Å². The lowest BCUT2D eigenvalue weighted by Crippen LogP contribution is -2.43. The summed E-state index contributed by atoms with van der Waals surface area (Å²) in [6.07, 6.45) is 1.41. The Morgan fingerprint density at radius 3 is 2.92 bits per heavy atom. The maximum absolute atomic E-state index is 12.8. The zero-order valence-corrected chi connectivity index (χ0v) is 16.4. The van der Waals surface area contributed by atoms with Crippen LogP contribution in [0.3, 0.4) is 0 Å². The zero-order valence-electron chi connectivity index (χ0n) is 14.0. The number of fused-ring (bicyclic) bond motifs is 1. The highest BCUT2D eigenvalue weighted by molar-refractivity contribution is 9.10. The maximum Gasteiger partial charge on any atom is 0.290 e. The first-order valence-electron chi connectivity index (χ1n) is 8.26. The van der Waals surface area contributed by atoms with Gasteiger partial charge >= 0.3 is 0 Å². The summed E-state index contributed by atoms with van der Waals surface area (Å²) in [4.78, 5) is 31.6. The molecule has 2 aromatic heterocycles.